The zero-order chi connectivity index (χ0) is 15.4. The summed E-state index contributed by atoms with van der Waals surface area (Å²) in [6.45, 7) is 0.371. The van der Waals surface area contributed by atoms with Crippen LogP contribution >= 0.6 is 23.2 Å². The summed E-state index contributed by atoms with van der Waals surface area (Å²) < 4.78 is 0. The number of hydrogen-bond donors (Lipinski definition) is 2. The third-order valence-electron chi connectivity index (χ3n) is 3.93. The first-order valence-electron chi connectivity index (χ1n) is 6.95. The van der Waals surface area contributed by atoms with Gasteiger partial charge in [0.05, 0.1) is 16.0 Å². The molecule has 1 aromatic rings. The van der Waals surface area contributed by atoms with E-state index in [0.717, 1.165) is 19.3 Å². The molecule has 6 heteroatoms. The molecule has 4 nitrogen and oxygen atoms in total. The largest absolute Gasteiger partial charge is 0.481 e. The van der Waals surface area contributed by atoms with E-state index in [1.54, 1.807) is 12.1 Å². The summed E-state index contributed by atoms with van der Waals surface area (Å²) in [5.74, 6) is -1.41. The molecular formula is C15H17Cl2NO3. The lowest BCUT2D eigenvalue weighted by Gasteiger charge is -2.28. The van der Waals surface area contributed by atoms with Crippen LogP contribution < -0.4 is 5.32 Å². The molecule has 2 unspecified atom stereocenters. The van der Waals surface area contributed by atoms with Gasteiger partial charge in [-0.15, -0.1) is 0 Å². The van der Waals surface area contributed by atoms with Crippen LogP contribution in [0.4, 0.5) is 0 Å². The van der Waals surface area contributed by atoms with Crippen molar-refractivity contribution < 1.29 is 14.7 Å². The number of aliphatic carboxylic acids is 1. The number of carboxylic acid groups (broad SMARTS) is 1. The van der Waals surface area contributed by atoms with Gasteiger partial charge in [0.2, 0.25) is 0 Å². The first kappa shape index (κ1) is 16.1. The highest BCUT2D eigenvalue weighted by molar-refractivity contribution is 6.42. The molecule has 0 aromatic heterocycles. The lowest BCUT2D eigenvalue weighted by molar-refractivity contribution is -0.144. The minimum atomic E-state index is -0.775. The van der Waals surface area contributed by atoms with Crippen molar-refractivity contribution in [2.45, 2.75) is 25.7 Å². The van der Waals surface area contributed by atoms with Crippen molar-refractivity contribution in [1.82, 2.24) is 5.32 Å². The van der Waals surface area contributed by atoms with E-state index in [-0.39, 0.29) is 17.7 Å². The monoisotopic (exact) mass is 329 g/mol. The maximum atomic E-state index is 12.1. The van der Waals surface area contributed by atoms with Gasteiger partial charge in [0.25, 0.3) is 5.91 Å². The predicted octanol–water partition coefficient (Wildman–Crippen LogP) is 3.61. The molecule has 0 spiro atoms. The normalized spacial score (nSPS) is 21.8. The number of hydrogen-bond acceptors (Lipinski definition) is 2. The zero-order valence-corrected chi connectivity index (χ0v) is 13.0. The molecule has 114 valence electrons. The number of amides is 1. The summed E-state index contributed by atoms with van der Waals surface area (Å²) in [5.41, 5.74) is 0.423. The summed E-state index contributed by atoms with van der Waals surface area (Å²) in [6.07, 6.45) is 3.46. The van der Waals surface area contributed by atoms with Gasteiger partial charge in [0.15, 0.2) is 0 Å². The van der Waals surface area contributed by atoms with Gasteiger partial charge in [-0.3, -0.25) is 9.59 Å². The first-order valence-corrected chi connectivity index (χ1v) is 7.70. The first-order chi connectivity index (χ1) is 9.99. The van der Waals surface area contributed by atoms with Crippen LogP contribution in [0, 0.1) is 11.8 Å². The summed E-state index contributed by atoms with van der Waals surface area (Å²) in [4.78, 5) is 23.3. The van der Waals surface area contributed by atoms with E-state index in [9.17, 15) is 14.7 Å². The van der Waals surface area contributed by atoms with Gasteiger partial charge >= 0.3 is 5.97 Å². The van der Waals surface area contributed by atoms with Crippen LogP contribution in [-0.4, -0.2) is 23.5 Å². The highest BCUT2D eigenvalue weighted by atomic mass is 35.5. The number of halogens is 2. The molecular weight excluding hydrogens is 313 g/mol. The highest BCUT2D eigenvalue weighted by Gasteiger charge is 2.30. The second-order valence-electron chi connectivity index (χ2n) is 5.33. The van der Waals surface area contributed by atoms with Crippen LogP contribution in [0.25, 0.3) is 0 Å². The van der Waals surface area contributed by atoms with Crippen LogP contribution in [0.2, 0.25) is 10.0 Å². The second kappa shape index (κ2) is 7.14. The van der Waals surface area contributed by atoms with Crippen LogP contribution in [0.5, 0.6) is 0 Å². The summed E-state index contributed by atoms with van der Waals surface area (Å²) in [6, 6.07) is 4.67. The molecule has 0 heterocycles. The van der Waals surface area contributed by atoms with Crippen LogP contribution in [0.3, 0.4) is 0 Å². The summed E-state index contributed by atoms with van der Waals surface area (Å²) in [5, 5.41) is 12.7. The van der Waals surface area contributed by atoms with E-state index in [0.29, 0.717) is 28.6 Å². The number of rotatable bonds is 4. The Bertz CT molecular complexity index is 548. The van der Waals surface area contributed by atoms with Crippen molar-refractivity contribution in [2.75, 3.05) is 6.54 Å². The van der Waals surface area contributed by atoms with Crippen molar-refractivity contribution in [1.29, 1.82) is 0 Å². The molecule has 0 bridgehead atoms. The molecule has 0 radical (unpaired) electrons. The highest BCUT2D eigenvalue weighted by Crippen LogP contribution is 2.30. The molecule has 0 saturated heterocycles. The Hall–Kier alpha value is -1.26. The van der Waals surface area contributed by atoms with Crippen molar-refractivity contribution >= 4 is 35.1 Å². The average molecular weight is 330 g/mol. The van der Waals surface area contributed by atoms with Gasteiger partial charge < -0.3 is 10.4 Å². The average Bonchev–Trinajstić information content (AvgIpc) is 2.47. The van der Waals surface area contributed by atoms with E-state index in [1.165, 1.54) is 6.07 Å². The third kappa shape index (κ3) is 4.11. The van der Waals surface area contributed by atoms with E-state index in [2.05, 4.69) is 5.32 Å². The molecule has 21 heavy (non-hydrogen) atoms. The summed E-state index contributed by atoms with van der Waals surface area (Å²) >= 11 is 11.7. The second-order valence-corrected chi connectivity index (χ2v) is 6.14. The molecule has 2 atom stereocenters. The molecule has 1 aromatic carbocycles. The topological polar surface area (TPSA) is 66.4 Å². The van der Waals surface area contributed by atoms with Gasteiger partial charge in [-0.05, 0) is 37.0 Å². The fourth-order valence-electron chi connectivity index (χ4n) is 2.74. The quantitative estimate of drug-likeness (QED) is 0.886. The van der Waals surface area contributed by atoms with Gasteiger partial charge in [-0.25, -0.2) is 0 Å². The van der Waals surface area contributed by atoms with Crippen molar-refractivity contribution in [3.05, 3.63) is 33.8 Å². The van der Waals surface area contributed by atoms with Gasteiger partial charge in [-0.1, -0.05) is 36.0 Å². The molecule has 2 rings (SSSR count). The maximum Gasteiger partial charge on any atom is 0.306 e. The number of nitrogens with one attached hydrogen (secondary N) is 1. The lowest BCUT2D eigenvalue weighted by atomic mass is 9.79. The van der Waals surface area contributed by atoms with E-state index >= 15 is 0 Å². The summed E-state index contributed by atoms with van der Waals surface area (Å²) in [7, 11) is 0. The van der Waals surface area contributed by atoms with Crippen molar-refractivity contribution in [3.8, 4) is 0 Å². The van der Waals surface area contributed by atoms with Gasteiger partial charge in [0, 0.05) is 12.1 Å². The van der Waals surface area contributed by atoms with Crippen LogP contribution in [0.15, 0.2) is 18.2 Å². The standard InChI is InChI=1S/C15H17Cl2NO3/c16-12-6-5-9(7-13(12)17)14(19)18-8-10-3-1-2-4-11(10)15(20)21/h5-7,10-11H,1-4,8H2,(H,18,19)(H,20,21). The number of carboxylic acids is 1. The van der Waals surface area contributed by atoms with Crippen LogP contribution in [-0.2, 0) is 4.79 Å². The predicted molar refractivity (Wildman–Crippen MR) is 81.9 cm³/mol. The Morgan fingerprint density at radius 2 is 1.90 bits per heavy atom. The molecule has 1 saturated carbocycles. The minimum absolute atomic E-state index is 0.0111. The maximum absolute atomic E-state index is 12.1. The molecule has 0 aliphatic heterocycles. The van der Waals surface area contributed by atoms with Crippen molar-refractivity contribution in [3.63, 3.8) is 0 Å². The smallest absolute Gasteiger partial charge is 0.306 e. The number of carbonyl (C=O) groups excluding carboxylic acids is 1. The molecule has 2 N–H and O–H groups in total. The Morgan fingerprint density at radius 3 is 2.57 bits per heavy atom. The van der Waals surface area contributed by atoms with Crippen LogP contribution in [0.1, 0.15) is 36.0 Å². The van der Waals surface area contributed by atoms with Gasteiger partial charge in [0.1, 0.15) is 0 Å². The molecule has 1 aliphatic carbocycles. The Morgan fingerprint density at radius 1 is 1.19 bits per heavy atom. The fraction of sp³-hybridized carbons (Fsp3) is 0.467. The third-order valence-corrected chi connectivity index (χ3v) is 4.67. The van der Waals surface area contributed by atoms with E-state index in [4.69, 9.17) is 23.2 Å². The molecule has 1 fully saturated rings. The zero-order valence-electron chi connectivity index (χ0n) is 11.4. The Labute approximate surface area is 133 Å². The van der Waals surface area contributed by atoms with E-state index in [1.807, 2.05) is 0 Å². The van der Waals surface area contributed by atoms with Gasteiger partial charge in [-0.2, -0.15) is 0 Å². The minimum Gasteiger partial charge on any atom is -0.481 e. The molecule has 1 amide bonds. The number of benzene rings is 1. The van der Waals surface area contributed by atoms with E-state index < -0.39 is 5.97 Å². The van der Waals surface area contributed by atoms with Crippen molar-refractivity contribution in [2.24, 2.45) is 11.8 Å². The lowest BCUT2D eigenvalue weighted by Crippen LogP contribution is -2.37. The SMILES string of the molecule is O=C(NCC1CCCCC1C(=O)O)c1ccc(Cl)c(Cl)c1. The fourth-order valence-corrected chi connectivity index (χ4v) is 3.04. The molecule has 1 aliphatic rings. The Kier molecular flexibility index (Phi) is 5.48. The number of carbonyl (C=O) groups is 2. The Balaban J connectivity index is 1.96.